The molecule has 4 rings (SSSR count). The summed E-state index contributed by atoms with van der Waals surface area (Å²) in [6.45, 7) is 5.78. The molecule has 0 spiro atoms. The van der Waals surface area contributed by atoms with E-state index in [2.05, 4.69) is 4.74 Å². The van der Waals surface area contributed by atoms with E-state index in [9.17, 15) is 49.1 Å². The number of rotatable bonds is 11. The Labute approximate surface area is 277 Å². The second-order valence-corrected chi connectivity index (χ2v) is 12.3. The van der Waals surface area contributed by atoms with Gasteiger partial charge in [0, 0.05) is 25.2 Å². The molecule has 1 saturated heterocycles. The van der Waals surface area contributed by atoms with Crippen molar-refractivity contribution in [1.82, 2.24) is 4.90 Å². The van der Waals surface area contributed by atoms with Crippen LogP contribution in [0, 0.1) is 11.8 Å². The molecule has 2 aromatic carbocycles. The lowest BCUT2D eigenvalue weighted by Gasteiger charge is -2.34. The number of ether oxygens (including phenoxy) is 3. The van der Waals surface area contributed by atoms with Crippen LogP contribution in [0.2, 0.25) is 0 Å². The number of benzene rings is 2. The number of esters is 1. The summed E-state index contributed by atoms with van der Waals surface area (Å²) in [4.78, 5) is 28.0. The number of amides is 1. The highest BCUT2D eigenvalue weighted by molar-refractivity contribution is 5.72. The maximum atomic E-state index is 13.5. The van der Waals surface area contributed by atoms with E-state index in [4.69, 9.17) is 9.47 Å². The second kappa shape index (κ2) is 15.0. The number of carbonyl (C=O) groups excluding carboxylic acids is 2. The van der Waals surface area contributed by atoms with Crippen molar-refractivity contribution in [2.75, 3.05) is 24.6 Å². The van der Waals surface area contributed by atoms with Crippen LogP contribution in [0.5, 0.6) is 5.75 Å². The number of halogens is 9. The van der Waals surface area contributed by atoms with E-state index in [1.807, 2.05) is 11.8 Å². The molecule has 0 unspecified atom stereocenters. The molecule has 2 aliphatic rings. The summed E-state index contributed by atoms with van der Waals surface area (Å²) >= 11 is 0. The highest BCUT2D eigenvalue weighted by atomic mass is 19.4. The summed E-state index contributed by atoms with van der Waals surface area (Å²) in [5.74, 6) is -0.468. The van der Waals surface area contributed by atoms with Crippen LogP contribution in [0.4, 0.5) is 50.0 Å². The molecule has 2 atom stereocenters. The van der Waals surface area contributed by atoms with Gasteiger partial charge in [0.2, 0.25) is 0 Å². The molecular weight excluding hydrogens is 675 g/mol. The standard InChI is InChI=1S/C33H37F9N2O5/c1-4-43(17-21-8-6-20(7-9-21)12-28(45)47-5-2)27-11-10-26(49-33(40,41)42)15-23(27)18-44-19(3)29(48-30(44)46)22-13-24(31(34,35)36)16-25(14-22)32(37,38)39/h10-11,13-16,19-21,29H,4-9,12,17-18H2,1-3H3/t19-,20?,21?,29-/m0/s1. The van der Waals surface area contributed by atoms with Gasteiger partial charge in [0.05, 0.1) is 30.3 Å². The number of hydrogen-bond donors (Lipinski definition) is 0. The third kappa shape index (κ3) is 9.87. The summed E-state index contributed by atoms with van der Waals surface area (Å²) in [5.41, 5.74) is -3.02. The van der Waals surface area contributed by atoms with Gasteiger partial charge in [-0.1, -0.05) is 0 Å². The van der Waals surface area contributed by atoms with Gasteiger partial charge in [0.1, 0.15) is 11.9 Å². The molecule has 2 aromatic rings. The molecule has 49 heavy (non-hydrogen) atoms. The number of carbonyl (C=O) groups is 2. The molecule has 0 aromatic heterocycles. The summed E-state index contributed by atoms with van der Waals surface area (Å²) in [5, 5.41) is 0. The second-order valence-electron chi connectivity index (χ2n) is 12.3. The summed E-state index contributed by atoms with van der Waals surface area (Å²) < 4.78 is 135. The normalized spacial score (nSPS) is 21.8. The number of anilines is 1. The van der Waals surface area contributed by atoms with Gasteiger partial charge in [-0.05, 0) is 106 Å². The first-order valence-electron chi connectivity index (χ1n) is 15.8. The fourth-order valence-electron chi connectivity index (χ4n) is 6.46. The minimum absolute atomic E-state index is 0.0344. The van der Waals surface area contributed by atoms with Crippen molar-refractivity contribution in [3.8, 4) is 5.75 Å². The summed E-state index contributed by atoms with van der Waals surface area (Å²) in [6.07, 6.45) is -14.4. The van der Waals surface area contributed by atoms with E-state index in [0.717, 1.165) is 42.7 Å². The Kier molecular flexibility index (Phi) is 11.6. The Balaban J connectivity index is 1.60. The fourth-order valence-corrected chi connectivity index (χ4v) is 6.46. The molecule has 1 heterocycles. The van der Waals surface area contributed by atoms with Crippen molar-refractivity contribution in [2.45, 2.75) is 90.3 Å². The maximum Gasteiger partial charge on any atom is 0.573 e. The third-order valence-electron chi connectivity index (χ3n) is 8.88. The van der Waals surface area contributed by atoms with Crippen LogP contribution < -0.4 is 9.64 Å². The number of nitrogens with zero attached hydrogens (tertiary/aromatic N) is 2. The van der Waals surface area contributed by atoms with E-state index in [1.165, 1.54) is 13.0 Å². The smallest absolute Gasteiger partial charge is 0.466 e. The Morgan fingerprint density at radius 1 is 0.898 bits per heavy atom. The fraction of sp³-hybridized carbons (Fsp3) is 0.576. The van der Waals surface area contributed by atoms with E-state index in [1.54, 1.807) is 6.92 Å². The zero-order valence-corrected chi connectivity index (χ0v) is 27.0. The highest BCUT2D eigenvalue weighted by Crippen LogP contribution is 2.42. The topological polar surface area (TPSA) is 68.3 Å². The molecule has 272 valence electrons. The van der Waals surface area contributed by atoms with Crippen LogP contribution in [-0.2, 0) is 33.2 Å². The minimum atomic E-state index is -5.13. The molecule has 0 N–H and O–H groups in total. The molecule has 2 fully saturated rings. The van der Waals surface area contributed by atoms with Crippen molar-refractivity contribution in [3.05, 3.63) is 58.7 Å². The van der Waals surface area contributed by atoms with Gasteiger partial charge in [0.15, 0.2) is 0 Å². The van der Waals surface area contributed by atoms with Gasteiger partial charge in [-0.15, -0.1) is 13.2 Å². The van der Waals surface area contributed by atoms with Gasteiger partial charge < -0.3 is 19.1 Å². The van der Waals surface area contributed by atoms with E-state index < -0.39 is 59.4 Å². The first kappa shape index (κ1) is 38.0. The van der Waals surface area contributed by atoms with Crippen LogP contribution in [-0.4, -0.2) is 49.1 Å². The van der Waals surface area contributed by atoms with Crippen LogP contribution in [0.1, 0.15) is 81.2 Å². The van der Waals surface area contributed by atoms with E-state index in [-0.39, 0.29) is 36.0 Å². The Morgan fingerprint density at radius 3 is 2.02 bits per heavy atom. The molecule has 0 bridgehead atoms. The molecular formula is C33H37F9N2O5. The Morgan fingerprint density at radius 2 is 1.49 bits per heavy atom. The Hall–Kier alpha value is -3.85. The lowest BCUT2D eigenvalue weighted by molar-refractivity contribution is -0.274. The average molecular weight is 713 g/mol. The van der Waals surface area contributed by atoms with Gasteiger partial charge in [0.25, 0.3) is 0 Å². The molecule has 0 radical (unpaired) electrons. The zero-order chi connectivity index (χ0) is 36.3. The molecule has 1 saturated carbocycles. The quantitative estimate of drug-likeness (QED) is 0.171. The van der Waals surface area contributed by atoms with Crippen LogP contribution in [0.15, 0.2) is 36.4 Å². The molecule has 1 amide bonds. The number of alkyl halides is 9. The van der Waals surface area contributed by atoms with Crippen molar-refractivity contribution >= 4 is 17.7 Å². The van der Waals surface area contributed by atoms with Crippen LogP contribution in [0.3, 0.4) is 0 Å². The molecule has 1 aliphatic carbocycles. The monoisotopic (exact) mass is 712 g/mol. The number of hydrogen-bond acceptors (Lipinski definition) is 6. The minimum Gasteiger partial charge on any atom is -0.466 e. The Bertz CT molecular complexity index is 1440. The third-order valence-corrected chi connectivity index (χ3v) is 8.88. The van der Waals surface area contributed by atoms with Gasteiger partial charge >= 0.3 is 30.8 Å². The van der Waals surface area contributed by atoms with Crippen LogP contribution in [0.25, 0.3) is 0 Å². The molecule has 1 aliphatic heterocycles. The maximum absolute atomic E-state index is 13.5. The lowest BCUT2D eigenvalue weighted by atomic mass is 9.80. The number of cyclic esters (lactones) is 1. The van der Waals surface area contributed by atoms with Crippen molar-refractivity contribution in [3.63, 3.8) is 0 Å². The predicted octanol–water partition coefficient (Wildman–Crippen LogP) is 9.29. The summed E-state index contributed by atoms with van der Waals surface area (Å²) in [6, 6.07) is 3.46. The van der Waals surface area contributed by atoms with Gasteiger partial charge in [-0.3, -0.25) is 9.69 Å². The average Bonchev–Trinajstić information content (AvgIpc) is 3.28. The first-order chi connectivity index (χ1) is 22.8. The highest BCUT2D eigenvalue weighted by Gasteiger charge is 2.44. The van der Waals surface area contributed by atoms with Crippen LogP contribution >= 0.6 is 0 Å². The van der Waals surface area contributed by atoms with Gasteiger partial charge in [-0.2, -0.15) is 26.3 Å². The van der Waals surface area contributed by atoms with Crippen molar-refractivity contribution < 1.29 is 63.3 Å². The first-order valence-corrected chi connectivity index (χ1v) is 15.8. The predicted molar refractivity (Wildman–Crippen MR) is 158 cm³/mol. The lowest BCUT2D eigenvalue weighted by Crippen LogP contribution is -2.35. The summed E-state index contributed by atoms with van der Waals surface area (Å²) in [7, 11) is 0. The zero-order valence-electron chi connectivity index (χ0n) is 27.0. The van der Waals surface area contributed by atoms with Gasteiger partial charge in [-0.25, -0.2) is 4.79 Å². The van der Waals surface area contributed by atoms with Crippen molar-refractivity contribution in [2.24, 2.45) is 11.8 Å². The largest absolute Gasteiger partial charge is 0.573 e. The van der Waals surface area contributed by atoms with E-state index in [0.29, 0.717) is 43.9 Å². The van der Waals surface area contributed by atoms with Crippen molar-refractivity contribution in [1.29, 1.82) is 0 Å². The molecule has 16 heteroatoms. The SMILES string of the molecule is CCOC(=O)CC1CCC(CN(CC)c2ccc(OC(F)(F)F)cc2CN2C(=O)O[C@H](c3cc(C(F)(F)F)cc(C(F)(F)F)c3)[C@@H]2C)CC1. The molecule has 7 nitrogen and oxygen atoms in total. The van der Waals surface area contributed by atoms with E-state index >= 15 is 0 Å².